The number of carbonyl (C=O) groups is 1. The zero-order valence-corrected chi connectivity index (χ0v) is 13.1. The maximum absolute atomic E-state index is 13.8. The van der Waals surface area contributed by atoms with Crippen molar-refractivity contribution in [1.29, 1.82) is 0 Å². The van der Waals surface area contributed by atoms with E-state index in [0.29, 0.717) is 10.6 Å². The van der Waals surface area contributed by atoms with E-state index in [9.17, 15) is 9.18 Å². The van der Waals surface area contributed by atoms with Crippen LogP contribution in [0.1, 0.15) is 33.3 Å². The fourth-order valence-corrected chi connectivity index (χ4v) is 2.07. The average Bonchev–Trinajstić information content (AvgIpc) is 2.36. The van der Waals surface area contributed by atoms with Gasteiger partial charge in [0.1, 0.15) is 5.82 Å². The lowest BCUT2D eigenvalue weighted by molar-refractivity contribution is -0.136. The second kappa shape index (κ2) is 7.04. The van der Waals surface area contributed by atoms with Gasteiger partial charge in [0, 0.05) is 16.6 Å². The summed E-state index contributed by atoms with van der Waals surface area (Å²) in [5.74, 6) is -0.566. The SMILES string of the molecule is CC(C)C(N)C(=O)N(Cc1c(F)cccc1Cl)C(C)C. The molecule has 0 aliphatic rings. The first-order valence-corrected chi connectivity index (χ1v) is 7.12. The Hall–Kier alpha value is -1.13. The molecule has 0 saturated heterocycles. The molecule has 1 aromatic rings. The van der Waals surface area contributed by atoms with Crippen LogP contribution in [-0.4, -0.2) is 22.9 Å². The molecule has 5 heteroatoms. The summed E-state index contributed by atoms with van der Waals surface area (Å²) >= 11 is 6.02. The molecule has 0 aliphatic heterocycles. The molecule has 3 nitrogen and oxygen atoms in total. The normalized spacial score (nSPS) is 12.8. The van der Waals surface area contributed by atoms with Crippen LogP contribution in [0.4, 0.5) is 4.39 Å². The van der Waals surface area contributed by atoms with Gasteiger partial charge >= 0.3 is 0 Å². The van der Waals surface area contributed by atoms with Gasteiger partial charge in [-0.15, -0.1) is 0 Å². The summed E-state index contributed by atoms with van der Waals surface area (Å²) in [5, 5.41) is 0.321. The highest BCUT2D eigenvalue weighted by Crippen LogP contribution is 2.22. The van der Waals surface area contributed by atoms with Gasteiger partial charge in [-0.25, -0.2) is 4.39 Å². The van der Waals surface area contributed by atoms with Crippen LogP contribution in [0.2, 0.25) is 5.02 Å². The molecule has 0 aromatic heterocycles. The van der Waals surface area contributed by atoms with Crippen molar-refractivity contribution in [3.8, 4) is 0 Å². The van der Waals surface area contributed by atoms with Crippen LogP contribution in [0.5, 0.6) is 0 Å². The zero-order valence-electron chi connectivity index (χ0n) is 12.4. The largest absolute Gasteiger partial charge is 0.334 e. The van der Waals surface area contributed by atoms with E-state index in [2.05, 4.69) is 0 Å². The highest BCUT2D eigenvalue weighted by molar-refractivity contribution is 6.31. The van der Waals surface area contributed by atoms with Gasteiger partial charge in [-0.3, -0.25) is 4.79 Å². The average molecular weight is 301 g/mol. The van der Waals surface area contributed by atoms with Gasteiger partial charge in [-0.1, -0.05) is 31.5 Å². The van der Waals surface area contributed by atoms with Crippen LogP contribution >= 0.6 is 11.6 Å². The van der Waals surface area contributed by atoms with Crippen LogP contribution in [0.25, 0.3) is 0 Å². The molecule has 0 fully saturated rings. The van der Waals surface area contributed by atoms with Crippen molar-refractivity contribution in [1.82, 2.24) is 4.90 Å². The smallest absolute Gasteiger partial charge is 0.240 e. The van der Waals surface area contributed by atoms with E-state index >= 15 is 0 Å². The number of amides is 1. The quantitative estimate of drug-likeness (QED) is 0.907. The third-order valence-corrected chi connectivity index (χ3v) is 3.65. The van der Waals surface area contributed by atoms with Crippen molar-refractivity contribution in [3.05, 3.63) is 34.6 Å². The molecule has 1 unspecified atom stereocenters. The maximum atomic E-state index is 13.8. The predicted octanol–water partition coefficient (Wildman–Crippen LogP) is 3.20. The van der Waals surface area contributed by atoms with Gasteiger partial charge in [0.05, 0.1) is 12.6 Å². The number of carbonyl (C=O) groups excluding carboxylic acids is 1. The standard InChI is InChI=1S/C15H22ClFN2O/c1-9(2)14(18)15(20)19(10(3)4)8-11-12(16)6-5-7-13(11)17/h5-7,9-10,14H,8,18H2,1-4H3. The minimum Gasteiger partial charge on any atom is -0.334 e. The van der Waals surface area contributed by atoms with Crippen molar-refractivity contribution in [3.63, 3.8) is 0 Å². The first-order valence-electron chi connectivity index (χ1n) is 6.74. The molecular formula is C15H22ClFN2O. The van der Waals surface area contributed by atoms with E-state index in [4.69, 9.17) is 17.3 Å². The van der Waals surface area contributed by atoms with Crippen molar-refractivity contribution < 1.29 is 9.18 Å². The molecule has 0 saturated carbocycles. The minimum absolute atomic E-state index is 0.0276. The van der Waals surface area contributed by atoms with Gasteiger partial charge < -0.3 is 10.6 Å². The molecule has 1 aromatic carbocycles. The molecule has 1 rings (SSSR count). The Labute approximate surface area is 124 Å². The van der Waals surface area contributed by atoms with Crippen molar-refractivity contribution in [2.45, 2.75) is 46.3 Å². The van der Waals surface area contributed by atoms with Crippen molar-refractivity contribution >= 4 is 17.5 Å². The first kappa shape index (κ1) is 16.9. The Morgan fingerprint density at radius 1 is 1.35 bits per heavy atom. The summed E-state index contributed by atoms with van der Waals surface area (Å²) in [7, 11) is 0. The second-order valence-electron chi connectivity index (χ2n) is 5.53. The van der Waals surface area contributed by atoms with Gasteiger partial charge in [0.25, 0.3) is 0 Å². The van der Waals surface area contributed by atoms with Gasteiger partial charge in [-0.05, 0) is 31.9 Å². The topological polar surface area (TPSA) is 46.3 Å². The molecule has 112 valence electrons. The van der Waals surface area contributed by atoms with E-state index in [1.807, 2.05) is 27.7 Å². The summed E-state index contributed by atoms with van der Waals surface area (Å²) in [6.45, 7) is 7.65. The predicted molar refractivity (Wildman–Crippen MR) is 79.9 cm³/mol. The van der Waals surface area contributed by atoms with Crippen LogP contribution in [-0.2, 0) is 11.3 Å². The Balaban J connectivity index is 3.02. The van der Waals surface area contributed by atoms with E-state index in [-0.39, 0.29) is 24.4 Å². The summed E-state index contributed by atoms with van der Waals surface area (Å²) in [4.78, 5) is 14.0. The van der Waals surface area contributed by atoms with Crippen LogP contribution in [0, 0.1) is 11.7 Å². The summed E-state index contributed by atoms with van der Waals surface area (Å²) in [5.41, 5.74) is 6.24. The third-order valence-electron chi connectivity index (χ3n) is 3.30. The van der Waals surface area contributed by atoms with Crippen LogP contribution in [0.15, 0.2) is 18.2 Å². The highest BCUT2D eigenvalue weighted by Gasteiger charge is 2.26. The van der Waals surface area contributed by atoms with Crippen LogP contribution in [0.3, 0.4) is 0 Å². The number of hydrogen-bond donors (Lipinski definition) is 1. The molecular weight excluding hydrogens is 279 g/mol. The molecule has 1 atom stereocenters. The summed E-state index contributed by atoms with van der Waals surface area (Å²) < 4.78 is 13.8. The Kier molecular flexibility index (Phi) is 5.96. The fourth-order valence-electron chi connectivity index (χ4n) is 1.85. The molecule has 20 heavy (non-hydrogen) atoms. The van der Waals surface area contributed by atoms with Gasteiger partial charge in [0.15, 0.2) is 0 Å². The highest BCUT2D eigenvalue weighted by atomic mass is 35.5. The van der Waals surface area contributed by atoms with E-state index in [1.54, 1.807) is 17.0 Å². The van der Waals surface area contributed by atoms with E-state index in [1.165, 1.54) is 6.07 Å². The molecule has 0 radical (unpaired) electrons. The lowest BCUT2D eigenvalue weighted by Gasteiger charge is -2.31. The monoisotopic (exact) mass is 300 g/mol. The third kappa shape index (κ3) is 3.93. The maximum Gasteiger partial charge on any atom is 0.240 e. The number of nitrogens with two attached hydrogens (primary N) is 1. The molecule has 1 amide bonds. The first-order chi connectivity index (χ1) is 9.25. The van der Waals surface area contributed by atoms with Crippen molar-refractivity contribution in [2.24, 2.45) is 11.7 Å². The van der Waals surface area contributed by atoms with Gasteiger partial charge in [0.2, 0.25) is 5.91 Å². The van der Waals surface area contributed by atoms with E-state index < -0.39 is 11.9 Å². The number of rotatable bonds is 5. The van der Waals surface area contributed by atoms with Crippen molar-refractivity contribution in [2.75, 3.05) is 0 Å². The van der Waals surface area contributed by atoms with E-state index in [0.717, 1.165) is 0 Å². The molecule has 0 heterocycles. The lowest BCUT2D eigenvalue weighted by Crippen LogP contribution is -2.48. The number of nitrogens with zero attached hydrogens (tertiary/aromatic N) is 1. The Morgan fingerprint density at radius 3 is 2.40 bits per heavy atom. The molecule has 2 N–H and O–H groups in total. The zero-order chi connectivity index (χ0) is 15.4. The summed E-state index contributed by atoms with van der Waals surface area (Å²) in [6.07, 6.45) is 0. The molecule has 0 bridgehead atoms. The fraction of sp³-hybridized carbons (Fsp3) is 0.533. The molecule has 0 aliphatic carbocycles. The second-order valence-corrected chi connectivity index (χ2v) is 5.94. The number of benzene rings is 1. The number of hydrogen-bond acceptors (Lipinski definition) is 2. The number of halogens is 2. The molecule has 0 spiro atoms. The summed E-state index contributed by atoms with van der Waals surface area (Å²) in [6, 6.07) is 3.83. The lowest BCUT2D eigenvalue weighted by atomic mass is 10.0. The minimum atomic E-state index is -0.594. The Bertz CT molecular complexity index is 457. The Morgan fingerprint density at radius 2 is 1.95 bits per heavy atom. The van der Waals surface area contributed by atoms with Gasteiger partial charge in [-0.2, -0.15) is 0 Å². The van der Waals surface area contributed by atoms with Crippen LogP contribution < -0.4 is 5.73 Å².